The monoisotopic (exact) mass is 264 g/mol. The molecule has 1 saturated heterocycles. The summed E-state index contributed by atoms with van der Waals surface area (Å²) in [6.45, 7) is 6.36. The number of rotatable bonds is 3. The first kappa shape index (κ1) is 13.7. The van der Waals surface area contributed by atoms with Crippen molar-refractivity contribution in [2.75, 3.05) is 38.6 Å². The van der Waals surface area contributed by atoms with Gasteiger partial charge < -0.3 is 20.1 Å². The van der Waals surface area contributed by atoms with Crippen molar-refractivity contribution in [2.45, 2.75) is 13.8 Å². The molecule has 0 radical (unpaired) electrons. The minimum Gasteiger partial charge on any atom is -0.483 e. The van der Waals surface area contributed by atoms with Crippen molar-refractivity contribution in [3.8, 4) is 5.75 Å². The summed E-state index contributed by atoms with van der Waals surface area (Å²) < 4.78 is 10.9. The van der Waals surface area contributed by atoms with Crippen molar-refractivity contribution in [2.24, 2.45) is 0 Å². The Morgan fingerprint density at radius 2 is 2.05 bits per heavy atom. The van der Waals surface area contributed by atoms with Gasteiger partial charge in [0.2, 0.25) is 0 Å². The minimum atomic E-state index is -0.00970. The summed E-state index contributed by atoms with van der Waals surface area (Å²) in [4.78, 5) is 13.8. The Bertz CT molecular complexity index is 468. The number of benzene rings is 1. The van der Waals surface area contributed by atoms with Crippen LogP contribution < -0.4 is 10.5 Å². The molecular formula is C14H20N2O3. The van der Waals surface area contributed by atoms with Crippen LogP contribution in [-0.2, 0) is 9.53 Å². The summed E-state index contributed by atoms with van der Waals surface area (Å²) in [5.74, 6) is 0.700. The Morgan fingerprint density at radius 1 is 1.37 bits per heavy atom. The van der Waals surface area contributed by atoms with Crippen molar-refractivity contribution >= 4 is 11.6 Å². The average Bonchev–Trinajstić information content (AvgIpc) is 2.44. The molecule has 2 rings (SSSR count). The first-order valence-corrected chi connectivity index (χ1v) is 6.43. The number of morpholine rings is 1. The molecule has 19 heavy (non-hydrogen) atoms. The molecule has 1 aromatic carbocycles. The number of nitrogens with zero attached hydrogens (tertiary/aromatic N) is 1. The lowest BCUT2D eigenvalue weighted by Crippen LogP contribution is -2.43. The standard InChI is InChI=1S/C14H20N2O3/c1-10-3-4-12(15)11(2)14(10)19-9-13(17)16-5-7-18-8-6-16/h3-4H,5-9,15H2,1-2H3. The molecule has 5 heteroatoms. The van der Waals surface area contributed by atoms with Gasteiger partial charge >= 0.3 is 0 Å². The highest BCUT2D eigenvalue weighted by molar-refractivity contribution is 5.78. The summed E-state index contributed by atoms with van der Waals surface area (Å²) in [5.41, 5.74) is 8.40. The van der Waals surface area contributed by atoms with Crippen molar-refractivity contribution in [3.05, 3.63) is 23.3 Å². The maximum atomic E-state index is 12.0. The number of nitrogens with two attached hydrogens (primary N) is 1. The van der Waals surface area contributed by atoms with Gasteiger partial charge in [-0.2, -0.15) is 0 Å². The van der Waals surface area contributed by atoms with E-state index >= 15 is 0 Å². The normalized spacial score (nSPS) is 15.4. The molecule has 0 atom stereocenters. The number of carbonyl (C=O) groups is 1. The molecule has 0 bridgehead atoms. The zero-order valence-corrected chi connectivity index (χ0v) is 11.4. The second-order valence-electron chi connectivity index (χ2n) is 4.71. The smallest absolute Gasteiger partial charge is 0.260 e. The van der Waals surface area contributed by atoms with Crippen LogP contribution in [0.1, 0.15) is 11.1 Å². The SMILES string of the molecule is Cc1ccc(N)c(C)c1OCC(=O)N1CCOCC1. The molecular weight excluding hydrogens is 244 g/mol. The summed E-state index contributed by atoms with van der Waals surface area (Å²) in [5, 5.41) is 0. The Morgan fingerprint density at radius 3 is 2.74 bits per heavy atom. The maximum Gasteiger partial charge on any atom is 0.260 e. The Labute approximate surface area is 113 Å². The fourth-order valence-electron chi connectivity index (χ4n) is 2.10. The Hall–Kier alpha value is -1.75. The van der Waals surface area contributed by atoms with Gasteiger partial charge in [0.25, 0.3) is 5.91 Å². The van der Waals surface area contributed by atoms with Crippen LogP contribution in [0, 0.1) is 13.8 Å². The fraction of sp³-hybridized carbons (Fsp3) is 0.500. The average molecular weight is 264 g/mol. The van der Waals surface area contributed by atoms with Gasteiger partial charge in [0.05, 0.1) is 13.2 Å². The number of nitrogen functional groups attached to an aromatic ring is 1. The van der Waals surface area contributed by atoms with Gasteiger partial charge in [0, 0.05) is 24.3 Å². The van der Waals surface area contributed by atoms with Crippen LogP contribution in [0.25, 0.3) is 0 Å². The molecule has 1 heterocycles. The van der Waals surface area contributed by atoms with Gasteiger partial charge in [-0.3, -0.25) is 4.79 Å². The van der Waals surface area contributed by atoms with E-state index in [1.54, 1.807) is 4.90 Å². The lowest BCUT2D eigenvalue weighted by molar-refractivity contribution is -0.137. The van der Waals surface area contributed by atoms with E-state index in [1.165, 1.54) is 0 Å². The molecule has 1 fully saturated rings. The minimum absolute atomic E-state index is 0.00970. The third kappa shape index (κ3) is 3.17. The summed E-state index contributed by atoms with van der Waals surface area (Å²) in [6, 6.07) is 3.75. The van der Waals surface area contributed by atoms with E-state index in [0.717, 1.165) is 11.1 Å². The van der Waals surface area contributed by atoms with Gasteiger partial charge in [0.1, 0.15) is 5.75 Å². The quantitative estimate of drug-likeness (QED) is 0.831. The van der Waals surface area contributed by atoms with Gasteiger partial charge in [-0.05, 0) is 25.5 Å². The highest BCUT2D eigenvalue weighted by Crippen LogP contribution is 2.27. The summed E-state index contributed by atoms with van der Waals surface area (Å²) in [6.07, 6.45) is 0. The van der Waals surface area contributed by atoms with Crippen LogP contribution in [0.2, 0.25) is 0 Å². The number of hydrogen-bond donors (Lipinski definition) is 1. The highest BCUT2D eigenvalue weighted by Gasteiger charge is 2.18. The number of amides is 1. The van der Waals surface area contributed by atoms with Gasteiger partial charge in [-0.25, -0.2) is 0 Å². The van der Waals surface area contributed by atoms with Crippen molar-refractivity contribution in [1.82, 2.24) is 4.90 Å². The van der Waals surface area contributed by atoms with Crippen molar-refractivity contribution < 1.29 is 14.3 Å². The van der Waals surface area contributed by atoms with E-state index < -0.39 is 0 Å². The molecule has 0 saturated carbocycles. The second kappa shape index (κ2) is 5.93. The van der Waals surface area contributed by atoms with Gasteiger partial charge in [-0.15, -0.1) is 0 Å². The van der Waals surface area contributed by atoms with Crippen LogP contribution in [-0.4, -0.2) is 43.7 Å². The molecule has 5 nitrogen and oxygen atoms in total. The van der Waals surface area contributed by atoms with Crippen LogP contribution in [0.5, 0.6) is 5.75 Å². The van der Waals surface area contributed by atoms with E-state index in [0.29, 0.717) is 37.7 Å². The molecule has 0 unspecified atom stereocenters. The van der Waals surface area contributed by atoms with E-state index in [4.69, 9.17) is 15.2 Å². The van der Waals surface area contributed by atoms with Crippen LogP contribution in [0.15, 0.2) is 12.1 Å². The lowest BCUT2D eigenvalue weighted by Gasteiger charge is -2.27. The van der Waals surface area contributed by atoms with Crippen LogP contribution in [0.4, 0.5) is 5.69 Å². The fourth-order valence-corrected chi connectivity index (χ4v) is 2.10. The molecule has 0 spiro atoms. The largest absolute Gasteiger partial charge is 0.483 e. The third-order valence-corrected chi connectivity index (χ3v) is 3.35. The number of hydrogen-bond acceptors (Lipinski definition) is 4. The lowest BCUT2D eigenvalue weighted by atomic mass is 10.1. The molecule has 104 valence electrons. The number of anilines is 1. The molecule has 1 aliphatic rings. The third-order valence-electron chi connectivity index (χ3n) is 3.35. The van der Waals surface area contributed by atoms with Gasteiger partial charge in [0.15, 0.2) is 6.61 Å². The van der Waals surface area contributed by atoms with Crippen LogP contribution in [0.3, 0.4) is 0 Å². The molecule has 1 aromatic rings. The number of aryl methyl sites for hydroxylation is 1. The summed E-state index contributed by atoms with van der Waals surface area (Å²) in [7, 11) is 0. The predicted molar refractivity (Wildman–Crippen MR) is 73.2 cm³/mol. The first-order chi connectivity index (χ1) is 9.09. The second-order valence-corrected chi connectivity index (χ2v) is 4.71. The van der Waals surface area contributed by atoms with E-state index in [-0.39, 0.29) is 12.5 Å². The first-order valence-electron chi connectivity index (χ1n) is 6.43. The van der Waals surface area contributed by atoms with E-state index in [9.17, 15) is 4.79 Å². The zero-order valence-electron chi connectivity index (χ0n) is 11.4. The number of carbonyl (C=O) groups excluding carboxylic acids is 1. The molecule has 1 amide bonds. The molecule has 2 N–H and O–H groups in total. The van der Waals surface area contributed by atoms with Crippen molar-refractivity contribution in [1.29, 1.82) is 0 Å². The Balaban J connectivity index is 1.98. The van der Waals surface area contributed by atoms with Crippen LogP contribution >= 0.6 is 0 Å². The Kier molecular flexibility index (Phi) is 4.27. The van der Waals surface area contributed by atoms with Gasteiger partial charge in [-0.1, -0.05) is 6.07 Å². The molecule has 1 aliphatic heterocycles. The molecule has 0 aliphatic carbocycles. The topological polar surface area (TPSA) is 64.8 Å². The van der Waals surface area contributed by atoms with E-state index in [2.05, 4.69) is 0 Å². The number of ether oxygens (including phenoxy) is 2. The highest BCUT2D eigenvalue weighted by atomic mass is 16.5. The molecule has 0 aromatic heterocycles. The zero-order chi connectivity index (χ0) is 13.8. The predicted octanol–water partition coefficient (Wildman–Crippen LogP) is 1.12. The maximum absolute atomic E-state index is 12.0. The van der Waals surface area contributed by atoms with Crippen molar-refractivity contribution in [3.63, 3.8) is 0 Å². The van der Waals surface area contributed by atoms with E-state index in [1.807, 2.05) is 26.0 Å². The summed E-state index contributed by atoms with van der Waals surface area (Å²) >= 11 is 0.